The summed E-state index contributed by atoms with van der Waals surface area (Å²) in [5.41, 5.74) is -0.267. The number of nitrogens with one attached hydrogen (secondary N) is 1. The van der Waals surface area contributed by atoms with Crippen molar-refractivity contribution in [3.63, 3.8) is 0 Å². The van der Waals surface area contributed by atoms with Crippen LogP contribution in [-0.4, -0.2) is 29.4 Å². The van der Waals surface area contributed by atoms with Gasteiger partial charge in [0.15, 0.2) is 5.78 Å². The van der Waals surface area contributed by atoms with Crippen molar-refractivity contribution in [1.29, 1.82) is 0 Å². The van der Waals surface area contributed by atoms with E-state index >= 15 is 0 Å². The number of carboxylic acid groups (broad SMARTS) is 1. The number of rotatable bonds is 5. The number of benzene rings is 1. The van der Waals surface area contributed by atoms with Gasteiger partial charge in [0.25, 0.3) is 0 Å². The predicted octanol–water partition coefficient (Wildman–Crippen LogP) is 1.21. The highest BCUT2D eigenvalue weighted by atomic mass is 19.1. The van der Waals surface area contributed by atoms with Gasteiger partial charge in [0.05, 0.1) is 18.2 Å². The molecule has 0 fully saturated rings. The van der Waals surface area contributed by atoms with E-state index < -0.39 is 36.0 Å². The third kappa shape index (κ3) is 3.60. The van der Waals surface area contributed by atoms with Gasteiger partial charge in [-0.3, -0.25) is 14.9 Å². The van der Waals surface area contributed by atoms with Gasteiger partial charge in [0.1, 0.15) is 11.6 Å². The van der Waals surface area contributed by atoms with Crippen LogP contribution in [-0.2, 0) is 4.79 Å². The van der Waals surface area contributed by atoms with Gasteiger partial charge in [-0.15, -0.1) is 0 Å². The highest BCUT2D eigenvalue weighted by Gasteiger charge is 2.19. The van der Waals surface area contributed by atoms with E-state index in [-0.39, 0.29) is 5.56 Å². The smallest absolute Gasteiger partial charge is 0.317 e. The lowest BCUT2D eigenvalue weighted by Gasteiger charge is -2.11. The number of halogens is 2. The minimum atomic E-state index is -1.12. The molecule has 0 radical (unpaired) electrons. The number of carbonyl (C=O) groups is 2. The van der Waals surface area contributed by atoms with Crippen molar-refractivity contribution in [2.75, 3.05) is 6.54 Å². The standard InChI is InChI=1S/C11H11F2NO3/c1-6(14-5-10(15)16)11(17)8-3-2-7(12)4-9(8)13/h2-4,6,14H,5H2,1H3,(H,15,16). The van der Waals surface area contributed by atoms with Gasteiger partial charge in [-0.2, -0.15) is 0 Å². The summed E-state index contributed by atoms with van der Waals surface area (Å²) >= 11 is 0. The van der Waals surface area contributed by atoms with Crippen molar-refractivity contribution < 1.29 is 23.5 Å². The molecule has 0 aliphatic heterocycles. The maximum Gasteiger partial charge on any atom is 0.317 e. The summed E-state index contributed by atoms with van der Waals surface area (Å²) in [6, 6.07) is 1.76. The average Bonchev–Trinajstić information content (AvgIpc) is 2.25. The van der Waals surface area contributed by atoms with Crippen LogP contribution in [0.15, 0.2) is 18.2 Å². The lowest BCUT2D eigenvalue weighted by Crippen LogP contribution is -2.37. The highest BCUT2D eigenvalue weighted by molar-refractivity contribution is 6.00. The van der Waals surface area contributed by atoms with Gasteiger partial charge < -0.3 is 5.11 Å². The summed E-state index contributed by atoms with van der Waals surface area (Å²) in [5, 5.41) is 10.8. The van der Waals surface area contributed by atoms with E-state index in [9.17, 15) is 18.4 Å². The first-order chi connectivity index (χ1) is 7.91. The van der Waals surface area contributed by atoms with E-state index in [1.165, 1.54) is 6.92 Å². The molecule has 0 spiro atoms. The molecule has 0 aromatic heterocycles. The Bertz CT molecular complexity index is 448. The monoisotopic (exact) mass is 243 g/mol. The molecule has 0 saturated heterocycles. The Hall–Kier alpha value is -1.82. The van der Waals surface area contributed by atoms with Crippen LogP contribution in [0.1, 0.15) is 17.3 Å². The molecule has 4 nitrogen and oxygen atoms in total. The van der Waals surface area contributed by atoms with E-state index in [0.29, 0.717) is 6.07 Å². The summed E-state index contributed by atoms with van der Waals surface area (Å²) in [4.78, 5) is 21.9. The minimum absolute atomic E-state index is 0.267. The molecule has 1 rings (SSSR count). The first-order valence-electron chi connectivity index (χ1n) is 4.86. The third-order valence-electron chi connectivity index (χ3n) is 2.15. The van der Waals surface area contributed by atoms with Gasteiger partial charge in [-0.1, -0.05) is 0 Å². The Morgan fingerprint density at radius 3 is 2.59 bits per heavy atom. The van der Waals surface area contributed by atoms with E-state index in [1.807, 2.05) is 0 Å². The second-order valence-electron chi connectivity index (χ2n) is 3.48. The van der Waals surface area contributed by atoms with Gasteiger partial charge in [-0.05, 0) is 19.1 Å². The number of hydrogen-bond donors (Lipinski definition) is 2. The molecule has 1 aromatic carbocycles. The van der Waals surface area contributed by atoms with Crippen molar-refractivity contribution in [3.05, 3.63) is 35.4 Å². The van der Waals surface area contributed by atoms with Gasteiger partial charge in [-0.25, -0.2) is 8.78 Å². The molecular formula is C11H11F2NO3. The summed E-state index contributed by atoms with van der Waals surface area (Å²) in [6.45, 7) is 1.00. The number of Topliss-reactive ketones (excluding diaryl/α,β-unsaturated/α-hetero) is 1. The number of aliphatic carboxylic acids is 1. The van der Waals surface area contributed by atoms with Crippen LogP contribution in [0.3, 0.4) is 0 Å². The molecule has 92 valence electrons. The molecule has 1 aromatic rings. The third-order valence-corrected chi connectivity index (χ3v) is 2.15. The van der Waals surface area contributed by atoms with Crippen LogP contribution in [0.4, 0.5) is 8.78 Å². The Balaban J connectivity index is 2.78. The summed E-state index contributed by atoms with van der Waals surface area (Å²) in [6.07, 6.45) is 0. The molecule has 1 atom stereocenters. The fraction of sp³-hybridized carbons (Fsp3) is 0.273. The van der Waals surface area contributed by atoms with Crippen LogP contribution in [0.2, 0.25) is 0 Å². The molecule has 0 aliphatic rings. The molecule has 17 heavy (non-hydrogen) atoms. The van der Waals surface area contributed by atoms with Crippen molar-refractivity contribution in [1.82, 2.24) is 5.32 Å². The van der Waals surface area contributed by atoms with E-state index in [1.54, 1.807) is 0 Å². The molecule has 0 aliphatic carbocycles. The van der Waals surface area contributed by atoms with Crippen LogP contribution >= 0.6 is 0 Å². The molecule has 0 heterocycles. The SMILES string of the molecule is CC(NCC(=O)O)C(=O)c1ccc(F)cc1F. The van der Waals surface area contributed by atoms with E-state index in [0.717, 1.165) is 12.1 Å². The maximum atomic E-state index is 13.3. The Morgan fingerprint density at radius 1 is 1.41 bits per heavy atom. The first kappa shape index (κ1) is 13.2. The second-order valence-corrected chi connectivity index (χ2v) is 3.48. The molecular weight excluding hydrogens is 232 g/mol. The van der Waals surface area contributed by atoms with Crippen LogP contribution < -0.4 is 5.32 Å². The summed E-state index contributed by atoms with van der Waals surface area (Å²) in [5.74, 6) is -3.47. The minimum Gasteiger partial charge on any atom is -0.480 e. The number of hydrogen-bond acceptors (Lipinski definition) is 3. The normalized spacial score (nSPS) is 12.2. The lowest BCUT2D eigenvalue weighted by atomic mass is 10.0. The fourth-order valence-electron chi connectivity index (χ4n) is 1.26. The quantitative estimate of drug-likeness (QED) is 0.763. The zero-order chi connectivity index (χ0) is 13.0. The van der Waals surface area contributed by atoms with Crippen molar-refractivity contribution in [2.45, 2.75) is 13.0 Å². The van der Waals surface area contributed by atoms with Gasteiger partial charge >= 0.3 is 5.97 Å². The zero-order valence-corrected chi connectivity index (χ0v) is 9.04. The molecule has 6 heteroatoms. The Labute approximate surface area is 96.3 Å². The van der Waals surface area contributed by atoms with Crippen LogP contribution in [0, 0.1) is 11.6 Å². The summed E-state index contributed by atoms with van der Waals surface area (Å²) in [7, 11) is 0. The zero-order valence-electron chi connectivity index (χ0n) is 9.04. The topological polar surface area (TPSA) is 66.4 Å². The molecule has 1 unspecified atom stereocenters. The van der Waals surface area contributed by atoms with Crippen LogP contribution in [0.5, 0.6) is 0 Å². The van der Waals surface area contributed by atoms with Crippen molar-refractivity contribution >= 4 is 11.8 Å². The number of ketones is 1. The Kier molecular flexibility index (Phi) is 4.28. The highest BCUT2D eigenvalue weighted by Crippen LogP contribution is 2.11. The van der Waals surface area contributed by atoms with Gasteiger partial charge in [0.2, 0.25) is 0 Å². The average molecular weight is 243 g/mol. The number of carboxylic acids is 1. The van der Waals surface area contributed by atoms with Crippen molar-refractivity contribution in [2.24, 2.45) is 0 Å². The second kappa shape index (κ2) is 5.49. The molecule has 0 bridgehead atoms. The lowest BCUT2D eigenvalue weighted by molar-refractivity contribution is -0.136. The van der Waals surface area contributed by atoms with E-state index in [2.05, 4.69) is 5.32 Å². The molecule has 2 N–H and O–H groups in total. The molecule has 0 saturated carbocycles. The van der Waals surface area contributed by atoms with Gasteiger partial charge in [0, 0.05) is 6.07 Å². The molecule has 0 amide bonds. The first-order valence-corrected chi connectivity index (χ1v) is 4.86. The Morgan fingerprint density at radius 2 is 2.06 bits per heavy atom. The van der Waals surface area contributed by atoms with E-state index in [4.69, 9.17) is 5.11 Å². The maximum absolute atomic E-state index is 13.3. The predicted molar refractivity (Wildman–Crippen MR) is 55.8 cm³/mol. The largest absolute Gasteiger partial charge is 0.480 e. The fourth-order valence-corrected chi connectivity index (χ4v) is 1.26. The van der Waals surface area contributed by atoms with Crippen molar-refractivity contribution in [3.8, 4) is 0 Å². The number of carbonyl (C=O) groups excluding carboxylic acids is 1. The van der Waals surface area contributed by atoms with Crippen LogP contribution in [0.25, 0.3) is 0 Å². The summed E-state index contributed by atoms with van der Waals surface area (Å²) < 4.78 is 25.9.